The van der Waals surface area contributed by atoms with E-state index in [-0.39, 0.29) is 5.60 Å². The monoisotopic (exact) mass is 318 g/mol. The summed E-state index contributed by atoms with van der Waals surface area (Å²) in [5.74, 6) is 0.937. The summed E-state index contributed by atoms with van der Waals surface area (Å²) >= 11 is 0. The largest absolute Gasteiger partial charge is 0.488 e. The molecular formula is C17H26N2O2Si. The van der Waals surface area contributed by atoms with E-state index in [1.807, 2.05) is 16.9 Å². The molecule has 2 aromatic rings. The molecular weight excluding hydrogens is 292 g/mol. The van der Waals surface area contributed by atoms with Gasteiger partial charge in [-0.25, -0.2) is 4.68 Å². The van der Waals surface area contributed by atoms with Crippen molar-refractivity contribution in [2.24, 2.45) is 0 Å². The normalized spacial score (nSPS) is 16.9. The van der Waals surface area contributed by atoms with Crippen LogP contribution in [-0.2, 0) is 11.5 Å². The van der Waals surface area contributed by atoms with Gasteiger partial charge in [0.25, 0.3) is 0 Å². The Bertz CT molecular complexity index is 656. The van der Waals surface area contributed by atoms with E-state index in [0.29, 0.717) is 6.73 Å². The average molecular weight is 318 g/mol. The van der Waals surface area contributed by atoms with E-state index < -0.39 is 8.07 Å². The SMILES string of the molecule is CC1(Oc2ccc3c(cnn3COCC[Si](C)(C)C)c2)CC1. The fourth-order valence-corrected chi connectivity index (χ4v) is 3.08. The Labute approximate surface area is 133 Å². The molecule has 1 heterocycles. The van der Waals surface area contributed by atoms with Gasteiger partial charge in [0.05, 0.1) is 11.7 Å². The summed E-state index contributed by atoms with van der Waals surface area (Å²) in [6, 6.07) is 7.37. The third-order valence-electron chi connectivity index (χ3n) is 4.14. The molecule has 1 aliphatic carbocycles. The van der Waals surface area contributed by atoms with Gasteiger partial charge in [-0.3, -0.25) is 0 Å². The van der Waals surface area contributed by atoms with Gasteiger partial charge in [-0.15, -0.1) is 0 Å². The maximum Gasteiger partial charge on any atom is 0.139 e. The molecule has 0 radical (unpaired) electrons. The Kier molecular flexibility index (Phi) is 4.03. The number of aromatic nitrogens is 2. The number of hydrogen-bond acceptors (Lipinski definition) is 3. The Morgan fingerprint density at radius 2 is 2.05 bits per heavy atom. The molecule has 1 fully saturated rings. The first-order chi connectivity index (χ1) is 10.3. The van der Waals surface area contributed by atoms with Crippen LogP contribution in [0.1, 0.15) is 19.8 Å². The van der Waals surface area contributed by atoms with Crippen LogP contribution in [0.4, 0.5) is 0 Å². The first kappa shape index (κ1) is 15.6. The molecule has 4 nitrogen and oxygen atoms in total. The van der Waals surface area contributed by atoms with Crippen molar-refractivity contribution in [3.63, 3.8) is 0 Å². The first-order valence-corrected chi connectivity index (χ1v) is 11.8. The van der Waals surface area contributed by atoms with Gasteiger partial charge in [0.15, 0.2) is 0 Å². The van der Waals surface area contributed by atoms with Crippen LogP contribution in [-0.4, -0.2) is 30.1 Å². The minimum Gasteiger partial charge on any atom is -0.488 e. The van der Waals surface area contributed by atoms with Gasteiger partial charge >= 0.3 is 0 Å². The van der Waals surface area contributed by atoms with Crippen LogP contribution in [0.15, 0.2) is 24.4 Å². The van der Waals surface area contributed by atoms with E-state index in [4.69, 9.17) is 9.47 Å². The molecule has 120 valence electrons. The third-order valence-corrected chi connectivity index (χ3v) is 5.85. The topological polar surface area (TPSA) is 36.3 Å². The molecule has 1 saturated carbocycles. The van der Waals surface area contributed by atoms with Gasteiger partial charge in [-0.05, 0) is 44.0 Å². The summed E-state index contributed by atoms with van der Waals surface area (Å²) in [7, 11) is -1.03. The summed E-state index contributed by atoms with van der Waals surface area (Å²) < 4.78 is 13.7. The highest BCUT2D eigenvalue weighted by Crippen LogP contribution is 2.40. The molecule has 0 atom stereocenters. The number of benzene rings is 1. The molecule has 0 aliphatic heterocycles. The number of rotatable bonds is 7. The van der Waals surface area contributed by atoms with Crippen LogP contribution in [0.2, 0.25) is 25.7 Å². The quantitative estimate of drug-likeness (QED) is 0.565. The van der Waals surface area contributed by atoms with Crippen molar-refractivity contribution in [1.29, 1.82) is 0 Å². The van der Waals surface area contributed by atoms with Crippen molar-refractivity contribution in [3.8, 4) is 5.75 Å². The molecule has 0 spiro atoms. The molecule has 5 heteroatoms. The average Bonchev–Trinajstić information content (AvgIpc) is 3.01. The highest BCUT2D eigenvalue weighted by molar-refractivity contribution is 6.76. The molecule has 0 bridgehead atoms. The van der Waals surface area contributed by atoms with Crippen molar-refractivity contribution in [2.75, 3.05) is 6.61 Å². The van der Waals surface area contributed by atoms with Gasteiger partial charge in [-0.2, -0.15) is 5.10 Å². The number of fused-ring (bicyclic) bond motifs is 1. The Morgan fingerprint density at radius 1 is 1.27 bits per heavy atom. The molecule has 0 N–H and O–H groups in total. The second-order valence-electron chi connectivity index (χ2n) is 7.76. The lowest BCUT2D eigenvalue weighted by Gasteiger charge is -2.15. The van der Waals surface area contributed by atoms with Gasteiger partial charge in [0.2, 0.25) is 0 Å². The van der Waals surface area contributed by atoms with Crippen LogP contribution in [0.25, 0.3) is 10.9 Å². The standard InChI is InChI=1S/C17H26N2O2Si/c1-17(7-8-17)21-15-5-6-16-14(11-15)12-18-19(16)13-20-9-10-22(2,3)4/h5-6,11-12H,7-10,13H2,1-4H3. The molecule has 0 saturated heterocycles. The summed E-state index contributed by atoms with van der Waals surface area (Å²) in [5.41, 5.74) is 1.16. The Balaban J connectivity index is 1.62. The van der Waals surface area contributed by atoms with E-state index >= 15 is 0 Å². The zero-order valence-corrected chi connectivity index (χ0v) is 15.1. The predicted octanol–water partition coefficient (Wildman–Crippen LogP) is 4.28. The Morgan fingerprint density at radius 3 is 2.73 bits per heavy atom. The van der Waals surface area contributed by atoms with Crippen LogP contribution in [0.3, 0.4) is 0 Å². The van der Waals surface area contributed by atoms with Crippen molar-refractivity contribution in [2.45, 2.75) is 57.8 Å². The molecule has 3 rings (SSSR count). The smallest absolute Gasteiger partial charge is 0.139 e. The van der Waals surface area contributed by atoms with Crippen LogP contribution in [0, 0.1) is 0 Å². The van der Waals surface area contributed by atoms with Gasteiger partial charge in [0, 0.05) is 20.1 Å². The summed E-state index contributed by atoms with van der Waals surface area (Å²) in [6.07, 6.45) is 4.18. The van der Waals surface area contributed by atoms with E-state index in [9.17, 15) is 0 Å². The van der Waals surface area contributed by atoms with E-state index in [1.54, 1.807) is 0 Å². The number of ether oxygens (including phenoxy) is 2. The third kappa shape index (κ3) is 3.90. The van der Waals surface area contributed by atoms with Crippen LogP contribution >= 0.6 is 0 Å². The van der Waals surface area contributed by atoms with E-state index in [2.05, 4.69) is 43.8 Å². The molecule has 1 aliphatic rings. The van der Waals surface area contributed by atoms with E-state index in [0.717, 1.165) is 36.1 Å². The zero-order chi connectivity index (χ0) is 15.8. The second kappa shape index (κ2) is 5.70. The molecule has 0 unspecified atom stereocenters. The summed E-state index contributed by atoms with van der Waals surface area (Å²) in [5, 5.41) is 5.54. The maximum absolute atomic E-state index is 6.00. The maximum atomic E-state index is 6.00. The van der Waals surface area contributed by atoms with Crippen LogP contribution < -0.4 is 4.74 Å². The summed E-state index contributed by atoms with van der Waals surface area (Å²) in [6.45, 7) is 10.6. The molecule has 1 aromatic carbocycles. The summed E-state index contributed by atoms with van der Waals surface area (Å²) in [4.78, 5) is 0. The lowest BCUT2D eigenvalue weighted by Crippen LogP contribution is -2.22. The Hall–Kier alpha value is -1.33. The van der Waals surface area contributed by atoms with Gasteiger partial charge in [0.1, 0.15) is 18.1 Å². The lowest BCUT2D eigenvalue weighted by atomic mass is 10.2. The van der Waals surface area contributed by atoms with Crippen LogP contribution in [0.5, 0.6) is 5.75 Å². The fraction of sp³-hybridized carbons (Fsp3) is 0.588. The molecule has 22 heavy (non-hydrogen) atoms. The minimum atomic E-state index is -1.03. The molecule has 0 amide bonds. The number of hydrogen-bond donors (Lipinski definition) is 0. The van der Waals surface area contributed by atoms with Crippen molar-refractivity contribution in [1.82, 2.24) is 9.78 Å². The molecule has 1 aromatic heterocycles. The van der Waals surface area contributed by atoms with Gasteiger partial charge < -0.3 is 9.47 Å². The van der Waals surface area contributed by atoms with Gasteiger partial charge in [-0.1, -0.05) is 19.6 Å². The number of nitrogens with zero attached hydrogens (tertiary/aromatic N) is 2. The first-order valence-electron chi connectivity index (χ1n) is 8.07. The van der Waals surface area contributed by atoms with Crippen molar-refractivity contribution >= 4 is 19.0 Å². The minimum absolute atomic E-state index is 0.0592. The second-order valence-corrected chi connectivity index (χ2v) is 13.4. The zero-order valence-electron chi connectivity index (χ0n) is 14.1. The highest BCUT2D eigenvalue weighted by Gasteiger charge is 2.40. The highest BCUT2D eigenvalue weighted by atomic mass is 28.3. The lowest BCUT2D eigenvalue weighted by molar-refractivity contribution is 0.0817. The van der Waals surface area contributed by atoms with E-state index in [1.165, 1.54) is 6.04 Å². The fourth-order valence-electron chi connectivity index (χ4n) is 2.32. The van der Waals surface area contributed by atoms with Crippen molar-refractivity contribution in [3.05, 3.63) is 24.4 Å². The predicted molar refractivity (Wildman–Crippen MR) is 92.1 cm³/mol. The van der Waals surface area contributed by atoms with Crippen molar-refractivity contribution < 1.29 is 9.47 Å².